The molecule has 0 aromatic heterocycles. The highest BCUT2D eigenvalue weighted by atomic mass is 16.5. The predicted octanol–water partition coefficient (Wildman–Crippen LogP) is 4.32. The number of aliphatic hydroxyl groups is 1. The first-order valence-corrected chi connectivity index (χ1v) is 9.33. The number of terminal acetylenes is 1. The number of ether oxygens (including phenoxy) is 1. The Hall–Kier alpha value is -1.92. The molecular weight excluding hydrogens is 312 g/mol. The van der Waals surface area contributed by atoms with Gasteiger partial charge in [0.05, 0.1) is 6.61 Å². The van der Waals surface area contributed by atoms with Crippen molar-refractivity contribution in [1.29, 1.82) is 0 Å². The molecule has 1 aliphatic heterocycles. The molecule has 0 unspecified atom stereocenters. The number of phenolic OH excluding ortho intramolecular Hbond substituents is 1. The van der Waals surface area contributed by atoms with Gasteiger partial charge in [-0.05, 0) is 55.9 Å². The van der Waals surface area contributed by atoms with Crippen LogP contribution in [0.25, 0.3) is 0 Å². The topological polar surface area (TPSA) is 49.7 Å². The number of aromatic hydroxyl groups is 1. The largest absolute Gasteiger partial charge is 0.508 e. The van der Waals surface area contributed by atoms with Crippen LogP contribution in [0.2, 0.25) is 0 Å². The van der Waals surface area contributed by atoms with E-state index in [1.807, 2.05) is 19.1 Å². The second-order valence-corrected chi connectivity index (χ2v) is 7.51. The number of hydrogen-bond acceptors (Lipinski definition) is 3. The van der Waals surface area contributed by atoms with Gasteiger partial charge in [0.2, 0.25) is 0 Å². The van der Waals surface area contributed by atoms with Crippen molar-refractivity contribution in [2.45, 2.75) is 63.9 Å². The number of aliphatic hydroxyl groups excluding tert-OH is 1. The van der Waals surface area contributed by atoms with E-state index >= 15 is 0 Å². The third-order valence-electron chi connectivity index (χ3n) is 5.77. The molecule has 2 N–H and O–H groups in total. The molecule has 0 saturated carbocycles. The van der Waals surface area contributed by atoms with E-state index in [1.165, 1.54) is 12.8 Å². The summed E-state index contributed by atoms with van der Waals surface area (Å²) < 4.78 is 6.25. The first-order valence-electron chi connectivity index (χ1n) is 9.33. The van der Waals surface area contributed by atoms with E-state index in [-0.39, 0.29) is 18.4 Å². The number of fused-ring (bicyclic) bond motifs is 3. The Morgan fingerprint density at radius 3 is 2.84 bits per heavy atom. The molecule has 1 aromatic carbocycles. The molecule has 2 aliphatic rings. The second-order valence-electron chi connectivity index (χ2n) is 7.51. The second kappa shape index (κ2) is 7.14. The fourth-order valence-corrected chi connectivity index (χ4v) is 4.30. The molecule has 0 radical (unpaired) electrons. The van der Waals surface area contributed by atoms with Gasteiger partial charge in [-0.2, -0.15) is 0 Å². The maximum absolute atomic E-state index is 10.7. The van der Waals surface area contributed by atoms with Gasteiger partial charge in [0.1, 0.15) is 11.5 Å². The smallest absolute Gasteiger partial charge is 0.169 e. The number of rotatable bonds is 5. The van der Waals surface area contributed by atoms with E-state index in [0.29, 0.717) is 11.5 Å². The molecule has 0 fully saturated rings. The van der Waals surface area contributed by atoms with E-state index < -0.39 is 5.60 Å². The van der Waals surface area contributed by atoms with Gasteiger partial charge in [-0.1, -0.05) is 31.8 Å². The van der Waals surface area contributed by atoms with Gasteiger partial charge in [0.15, 0.2) is 5.60 Å². The number of unbranched alkanes of at least 4 members (excludes halogenated alkanes) is 2. The van der Waals surface area contributed by atoms with Crippen LogP contribution in [0.4, 0.5) is 0 Å². The zero-order valence-electron chi connectivity index (χ0n) is 15.2. The van der Waals surface area contributed by atoms with Crippen molar-refractivity contribution in [3.8, 4) is 23.8 Å². The Bertz CT molecular complexity index is 713. The molecule has 3 heteroatoms. The molecule has 1 aromatic rings. The SMILES string of the molecule is C#C[C@@]1(C)Oc2cc(CCCCC)cc(O)c2[C@@H]2CC(CO)=CC[C@H]21. The average Bonchev–Trinajstić information content (AvgIpc) is 2.61. The molecule has 134 valence electrons. The Labute approximate surface area is 150 Å². The first-order chi connectivity index (χ1) is 12.0. The minimum atomic E-state index is -0.691. The van der Waals surface area contributed by atoms with Gasteiger partial charge >= 0.3 is 0 Å². The van der Waals surface area contributed by atoms with E-state index in [0.717, 1.165) is 42.4 Å². The molecule has 0 saturated heterocycles. The summed E-state index contributed by atoms with van der Waals surface area (Å²) in [6.07, 6.45) is 13.8. The highest BCUT2D eigenvalue weighted by Crippen LogP contribution is 2.54. The summed E-state index contributed by atoms with van der Waals surface area (Å²) in [5.41, 5.74) is 2.27. The lowest BCUT2D eigenvalue weighted by Gasteiger charge is -2.46. The molecule has 25 heavy (non-hydrogen) atoms. The van der Waals surface area contributed by atoms with Gasteiger partial charge in [0, 0.05) is 17.4 Å². The summed E-state index contributed by atoms with van der Waals surface area (Å²) in [6, 6.07) is 3.93. The van der Waals surface area contributed by atoms with Crippen LogP contribution in [-0.4, -0.2) is 22.4 Å². The van der Waals surface area contributed by atoms with Crippen LogP contribution < -0.4 is 4.74 Å². The summed E-state index contributed by atoms with van der Waals surface area (Å²) in [4.78, 5) is 0. The molecular formula is C22H28O3. The Morgan fingerprint density at radius 1 is 1.36 bits per heavy atom. The number of phenols is 1. The van der Waals surface area contributed by atoms with Crippen LogP contribution in [0.1, 0.15) is 63.0 Å². The van der Waals surface area contributed by atoms with Crippen LogP contribution in [0.3, 0.4) is 0 Å². The highest BCUT2D eigenvalue weighted by molar-refractivity contribution is 5.53. The summed E-state index contributed by atoms with van der Waals surface area (Å²) in [7, 11) is 0. The molecule has 1 heterocycles. The summed E-state index contributed by atoms with van der Waals surface area (Å²) in [5, 5.41) is 20.3. The predicted molar refractivity (Wildman–Crippen MR) is 99.8 cm³/mol. The summed E-state index contributed by atoms with van der Waals surface area (Å²) >= 11 is 0. The minimum absolute atomic E-state index is 0.0576. The van der Waals surface area contributed by atoms with E-state index in [9.17, 15) is 10.2 Å². The molecule has 3 rings (SSSR count). The lowest BCUT2D eigenvalue weighted by atomic mass is 9.66. The van der Waals surface area contributed by atoms with Gasteiger partial charge < -0.3 is 14.9 Å². The summed E-state index contributed by atoms with van der Waals surface area (Å²) in [5.74, 6) is 4.06. The van der Waals surface area contributed by atoms with Crippen molar-refractivity contribution in [3.05, 3.63) is 34.9 Å². The zero-order chi connectivity index (χ0) is 18.0. The van der Waals surface area contributed by atoms with Crippen molar-refractivity contribution in [2.75, 3.05) is 6.61 Å². The van der Waals surface area contributed by atoms with Crippen molar-refractivity contribution >= 4 is 0 Å². The molecule has 1 aliphatic carbocycles. The van der Waals surface area contributed by atoms with Crippen molar-refractivity contribution in [3.63, 3.8) is 0 Å². The quantitative estimate of drug-likeness (QED) is 0.477. The Kier molecular flexibility index (Phi) is 5.11. The van der Waals surface area contributed by atoms with Crippen molar-refractivity contribution < 1.29 is 14.9 Å². The molecule has 3 atom stereocenters. The van der Waals surface area contributed by atoms with Crippen molar-refractivity contribution in [1.82, 2.24) is 0 Å². The normalized spacial score (nSPS) is 27.5. The molecule has 3 nitrogen and oxygen atoms in total. The number of allylic oxidation sites excluding steroid dienone is 1. The van der Waals surface area contributed by atoms with Gasteiger partial charge in [-0.3, -0.25) is 0 Å². The monoisotopic (exact) mass is 340 g/mol. The number of benzene rings is 1. The van der Waals surface area contributed by atoms with Gasteiger partial charge in [0.25, 0.3) is 0 Å². The summed E-state index contributed by atoms with van der Waals surface area (Å²) in [6.45, 7) is 4.20. The van der Waals surface area contributed by atoms with E-state index in [2.05, 4.69) is 18.9 Å². The Morgan fingerprint density at radius 2 is 2.16 bits per heavy atom. The Balaban J connectivity index is 2.00. The van der Waals surface area contributed by atoms with E-state index in [1.54, 1.807) is 0 Å². The van der Waals surface area contributed by atoms with Crippen LogP contribution >= 0.6 is 0 Å². The third-order valence-corrected chi connectivity index (χ3v) is 5.77. The van der Waals surface area contributed by atoms with Crippen LogP contribution in [0.5, 0.6) is 11.5 Å². The first kappa shape index (κ1) is 17.9. The third kappa shape index (κ3) is 3.28. The highest BCUT2D eigenvalue weighted by Gasteiger charge is 2.47. The molecule has 0 amide bonds. The number of hydrogen-bond donors (Lipinski definition) is 2. The zero-order valence-corrected chi connectivity index (χ0v) is 15.2. The standard InChI is InChI=1S/C22H28O3/c1-4-6-7-8-15-12-19(24)21-17-11-16(14-23)9-10-18(17)22(3,5-2)25-20(21)13-15/h2,9,12-13,17-18,23-24H,4,6-8,10-11,14H2,1,3H3/t17-,18-,22-/m1/s1. The molecule has 0 bridgehead atoms. The fourth-order valence-electron chi connectivity index (χ4n) is 4.30. The maximum atomic E-state index is 10.7. The van der Waals surface area contributed by atoms with Gasteiger partial charge in [-0.25, -0.2) is 0 Å². The minimum Gasteiger partial charge on any atom is -0.508 e. The van der Waals surface area contributed by atoms with Gasteiger partial charge in [-0.15, -0.1) is 6.42 Å². The lowest BCUT2D eigenvalue weighted by Crippen LogP contribution is -2.47. The van der Waals surface area contributed by atoms with Crippen LogP contribution in [0, 0.1) is 18.3 Å². The number of aryl methyl sites for hydroxylation is 1. The van der Waals surface area contributed by atoms with Crippen LogP contribution in [0.15, 0.2) is 23.8 Å². The molecule has 0 spiro atoms. The maximum Gasteiger partial charge on any atom is 0.169 e. The van der Waals surface area contributed by atoms with E-state index in [4.69, 9.17) is 11.2 Å². The lowest BCUT2D eigenvalue weighted by molar-refractivity contribution is 0.0408. The fraction of sp³-hybridized carbons (Fsp3) is 0.545. The van der Waals surface area contributed by atoms with Crippen LogP contribution in [-0.2, 0) is 6.42 Å². The average molecular weight is 340 g/mol. The van der Waals surface area contributed by atoms with Crippen molar-refractivity contribution in [2.24, 2.45) is 5.92 Å².